The molecule has 2 aromatic rings. The van der Waals surface area contributed by atoms with Crippen LogP contribution in [0.25, 0.3) is 0 Å². The summed E-state index contributed by atoms with van der Waals surface area (Å²) in [6.45, 7) is 6.57. The van der Waals surface area contributed by atoms with Crippen molar-refractivity contribution in [2.24, 2.45) is 0 Å². The van der Waals surface area contributed by atoms with Crippen molar-refractivity contribution in [1.29, 1.82) is 0 Å². The van der Waals surface area contributed by atoms with Crippen LogP contribution >= 0.6 is 34.5 Å². The summed E-state index contributed by atoms with van der Waals surface area (Å²) in [4.78, 5) is 2.40. The molecule has 0 spiro atoms. The Bertz CT molecular complexity index is 507. The number of rotatable bonds is 2. The van der Waals surface area contributed by atoms with Gasteiger partial charge in [0.2, 0.25) is 0 Å². The van der Waals surface area contributed by atoms with Gasteiger partial charge in [-0.05, 0) is 41.3 Å². The summed E-state index contributed by atoms with van der Waals surface area (Å²) >= 11 is 13.8. The molecule has 0 aromatic carbocycles. The van der Waals surface area contributed by atoms with Gasteiger partial charge in [-0.3, -0.25) is 0 Å². The first kappa shape index (κ1) is 13.0. The molecule has 2 aromatic heterocycles. The topological polar surface area (TPSA) is 13.1 Å². The van der Waals surface area contributed by atoms with E-state index in [1.54, 1.807) is 17.4 Å². The van der Waals surface area contributed by atoms with Gasteiger partial charge in [-0.15, -0.1) is 22.9 Å². The van der Waals surface area contributed by atoms with Crippen molar-refractivity contribution in [2.75, 3.05) is 0 Å². The molecule has 0 saturated heterocycles. The van der Waals surface area contributed by atoms with Crippen molar-refractivity contribution in [2.45, 2.75) is 31.6 Å². The zero-order valence-corrected chi connectivity index (χ0v) is 12.3. The highest BCUT2D eigenvalue weighted by atomic mass is 35.5. The molecule has 0 aliphatic heterocycles. The van der Waals surface area contributed by atoms with E-state index in [-0.39, 0.29) is 10.8 Å². The first-order valence-corrected chi connectivity index (χ1v) is 7.00. The lowest BCUT2D eigenvalue weighted by atomic mass is 9.95. The summed E-state index contributed by atoms with van der Waals surface area (Å²) in [7, 11) is 0. The summed E-state index contributed by atoms with van der Waals surface area (Å²) in [6, 6.07) is 7.71. The number of alkyl halides is 1. The van der Waals surface area contributed by atoms with Gasteiger partial charge in [0.1, 0.15) is 11.1 Å². The van der Waals surface area contributed by atoms with Gasteiger partial charge in [0.25, 0.3) is 0 Å². The van der Waals surface area contributed by atoms with Crippen LogP contribution in [0.4, 0.5) is 0 Å². The molecule has 2 heterocycles. The lowest BCUT2D eigenvalue weighted by Gasteiger charge is -2.15. The molecule has 1 nitrogen and oxygen atoms in total. The Labute approximate surface area is 115 Å². The van der Waals surface area contributed by atoms with Crippen molar-refractivity contribution < 1.29 is 4.42 Å². The van der Waals surface area contributed by atoms with Crippen molar-refractivity contribution in [3.8, 4) is 0 Å². The highest BCUT2D eigenvalue weighted by Gasteiger charge is 2.21. The Kier molecular flexibility index (Phi) is 3.58. The second-order valence-corrected chi connectivity index (χ2v) is 6.88. The maximum absolute atomic E-state index is 6.37. The predicted octanol–water partition coefficient (Wildman–Crippen LogP) is 5.62. The zero-order valence-electron chi connectivity index (χ0n) is 9.96. The van der Waals surface area contributed by atoms with E-state index >= 15 is 0 Å². The van der Waals surface area contributed by atoms with E-state index in [2.05, 4.69) is 32.9 Å². The highest BCUT2D eigenvalue weighted by molar-refractivity contribution is 7.12. The first-order chi connectivity index (χ1) is 7.88. The third-order valence-electron chi connectivity index (χ3n) is 2.46. The van der Waals surface area contributed by atoms with Crippen LogP contribution in [0.3, 0.4) is 0 Å². The molecule has 0 amide bonds. The number of thiophene rings is 1. The van der Waals surface area contributed by atoms with Gasteiger partial charge < -0.3 is 4.42 Å². The van der Waals surface area contributed by atoms with Crippen molar-refractivity contribution in [3.05, 3.63) is 45.0 Å². The third kappa shape index (κ3) is 2.87. The van der Waals surface area contributed by atoms with Gasteiger partial charge >= 0.3 is 0 Å². The average molecular weight is 289 g/mol. The van der Waals surface area contributed by atoms with Gasteiger partial charge in [0.15, 0.2) is 5.22 Å². The van der Waals surface area contributed by atoms with Crippen LogP contribution in [0.15, 0.2) is 28.7 Å². The highest BCUT2D eigenvalue weighted by Crippen LogP contribution is 2.38. The molecule has 1 unspecified atom stereocenters. The molecule has 4 heteroatoms. The van der Waals surface area contributed by atoms with E-state index in [1.807, 2.05) is 6.07 Å². The van der Waals surface area contributed by atoms with E-state index in [4.69, 9.17) is 27.6 Å². The molecular formula is C13H14Cl2OS. The molecule has 0 fully saturated rings. The number of hydrogen-bond donors (Lipinski definition) is 0. The first-order valence-electron chi connectivity index (χ1n) is 5.37. The van der Waals surface area contributed by atoms with Crippen LogP contribution in [0.1, 0.15) is 41.7 Å². The fraction of sp³-hybridized carbons (Fsp3) is 0.385. The maximum Gasteiger partial charge on any atom is 0.193 e. The van der Waals surface area contributed by atoms with Gasteiger partial charge in [0, 0.05) is 9.75 Å². The van der Waals surface area contributed by atoms with E-state index in [0.29, 0.717) is 11.0 Å². The Balaban J connectivity index is 2.26. The summed E-state index contributed by atoms with van der Waals surface area (Å²) < 4.78 is 5.33. The molecule has 0 N–H and O–H groups in total. The minimum Gasteiger partial charge on any atom is -0.448 e. The van der Waals surface area contributed by atoms with Crippen molar-refractivity contribution >= 4 is 34.5 Å². The molecule has 92 valence electrons. The maximum atomic E-state index is 6.37. The summed E-state index contributed by atoms with van der Waals surface area (Å²) in [5.74, 6) is 0.693. The third-order valence-corrected chi connectivity index (χ3v) is 4.82. The molecule has 0 aliphatic carbocycles. The second-order valence-electron chi connectivity index (χ2n) is 4.96. The minimum absolute atomic E-state index is 0.153. The largest absolute Gasteiger partial charge is 0.448 e. The fourth-order valence-electron chi connectivity index (χ4n) is 1.50. The monoisotopic (exact) mass is 288 g/mol. The van der Waals surface area contributed by atoms with Crippen LogP contribution in [0.5, 0.6) is 0 Å². The van der Waals surface area contributed by atoms with E-state index < -0.39 is 0 Å². The molecule has 2 rings (SSSR count). The van der Waals surface area contributed by atoms with Gasteiger partial charge in [-0.2, -0.15) is 0 Å². The van der Waals surface area contributed by atoms with Crippen LogP contribution in [-0.4, -0.2) is 0 Å². The number of hydrogen-bond acceptors (Lipinski definition) is 2. The summed E-state index contributed by atoms with van der Waals surface area (Å²) in [5, 5.41) is 0.113. The van der Waals surface area contributed by atoms with Crippen LogP contribution in [0, 0.1) is 0 Å². The lowest BCUT2D eigenvalue weighted by molar-refractivity contribution is 0.519. The molecular weight excluding hydrogens is 275 g/mol. The Morgan fingerprint density at radius 1 is 1.18 bits per heavy atom. The quantitative estimate of drug-likeness (QED) is 0.654. The van der Waals surface area contributed by atoms with Crippen molar-refractivity contribution in [1.82, 2.24) is 0 Å². The molecule has 1 atom stereocenters. The van der Waals surface area contributed by atoms with Crippen LogP contribution < -0.4 is 0 Å². The average Bonchev–Trinajstić information content (AvgIpc) is 2.83. The molecule has 17 heavy (non-hydrogen) atoms. The van der Waals surface area contributed by atoms with Gasteiger partial charge in [-0.25, -0.2) is 0 Å². The fourth-order valence-corrected chi connectivity index (χ4v) is 3.02. The Morgan fingerprint density at radius 2 is 1.88 bits per heavy atom. The number of furan rings is 1. The van der Waals surface area contributed by atoms with Gasteiger partial charge in [-0.1, -0.05) is 20.8 Å². The second kappa shape index (κ2) is 4.68. The van der Waals surface area contributed by atoms with E-state index in [9.17, 15) is 0 Å². The summed E-state index contributed by atoms with van der Waals surface area (Å²) in [6.07, 6.45) is 0. The minimum atomic E-state index is -0.261. The molecule has 0 radical (unpaired) electrons. The van der Waals surface area contributed by atoms with E-state index in [1.165, 1.54) is 4.88 Å². The predicted molar refractivity (Wildman–Crippen MR) is 74.4 cm³/mol. The van der Waals surface area contributed by atoms with Crippen molar-refractivity contribution in [3.63, 3.8) is 0 Å². The van der Waals surface area contributed by atoms with E-state index in [0.717, 1.165) is 4.88 Å². The smallest absolute Gasteiger partial charge is 0.193 e. The zero-order chi connectivity index (χ0) is 12.6. The SMILES string of the molecule is CC(C)(C)c1ccc(C(Cl)c2ccc(Cl)o2)s1. The van der Waals surface area contributed by atoms with Crippen LogP contribution in [0.2, 0.25) is 5.22 Å². The normalized spacial score (nSPS) is 13.9. The van der Waals surface area contributed by atoms with Crippen LogP contribution in [-0.2, 0) is 5.41 Å². The van der Waals surface area contributed by atoms with Gasteiger partial charge in [0.05, 0.1) is 0 Å². The Morgan fingerprint density at radius 3 is 2.35 bits per heavy atom. The Hall–Kier alpha value is -0.440. The number of halogens is 2. The summed E-state index contributed by atoms with van der Waals surface area (Å²) in [5.41, 5.74) is 0.153. The molecule has 0 bridgehead atoms. The lowest BCUT2D eigenvalue weighted by Crippen LogP contribution is -2.07. The molecule has 0 aliphatic rings. The molecule has 0 saturated carbocycles. The standard InChI is InChI=1S/C13H14Cl2OS/c1-13(2,3)10-6-5-9(17-10)12(15)8-4-7-11(14)16-8/h4-7,12H,1-3H3.